The predicted octanol–water partition coefficient (Wildman–Crippen LogP) is 2.54. The summed E-state index contributed by atoms with van der Waals surface area (Å²) in [6, 6.07) is 5.40. The van der Waals surface area contributed by atoms with Crippen LogP contribution in [0.5, 0.6) is 5.75 Å². The van der Waals surface area contributed by atoms with Gasteiger partial charge < -0.3 is 10.5 Å². The molecule has 0 aliphatic rings. The SMILES string of the molecule is C#CCCCOc1c(N)cc(C#N)cc1I. The van der Waals surface area contributed by atoms with E-state index in [0.29, 0.717) is 30.0 Å². The highest BCUT2D eigenvalue weighted by Crippen LogP contribution is 2.29. The lowest BCUT2D eigenvalue weighted by atomic mass is 10.2. The van der Waals surface area contributed by atoms with Gasteiger partial charge in [0.1, 0.15) is 0 Å². The number of nitrogens with zero attached hydrogens (tertiary/aromatic N) is 1. The number of ether oxygens (including phenoxy) is 1. The first kappa shape index (κ1) is 12.7. The molecule has 1 aromatic carbocycles. The molecule has 82 valence electrons. The molecule has 2 N–H and O–H groups in total. The molecule has 1 aromatic rings. The lowest BCUT2D eigenvalue weighted by molar-refractivity contribution is 0.312. The van der Waals surface area contributed by atoms with Gasteiger partial charge in [0.25, 0.3) is 0 Å². The van der Waals surface area contributed by atoms with Crippen LogP contribution in [0.4, 0.5) is 5.69 Å². The fourth-order valence-electron chi connectivity index (χ4n) is 1.18. The number of benzene rings is 1. The molecule has 0 saturated carbocycles. The molecule has 16 heavy (non-hydrogen) atoms. The number of unbranched alkanes of at least 4 members (excludes halogenated alkanes) is 1. The lowest BCUT2D eigenvalue weighted by Gasteiger charge is -2.10. The zero-order valence-electron chi connectivity index (χ0n) is 8.66. The first-order valence-corrected chi connectivity index (χ1v) is 5.82. The van der Waals surface area contributed by atoms with E-state index >= 15 is 0 Å². The molecule has 0 saturated heterocycles. The summed E-state index contributed by atoms with van der Waals surface area (Å²) in [7, 11) is 0. The van der Waals surface area contributed by atoms with Gasteiger partial charge in [-0.05, 0) is 41.1 Å². The van der Waals surface area contributed by atoms with E-state index in [0.717, 1.165) is 9.99 Å². The first-order chi connectivity index (χ1) is 7.69. The number of hydrogen-bond acceptors (Lipinski definition) is 3. The first-order valence-electron chi connectivity index (χ1n) is 4.74. The van der Waals surface area contributed by atoms with E-state index in [9.17, 15) is 0 Å². The Morgan fingerprint density at radius 1 is 1.50 bits per heavy atom. The maximum Gasteiger partial charge on any atom is 0.155 e. The number of rotatable bonds is 4. The number of nitrogens with two attached hydrogens (primary N) is 1. The van der Waals surface area contributed by atoms with Crippen molar-refractivity contribution in [3.63, 3.8) is 0 Å². The fraction of sp³-hybridized carbons (Fsp3) is 0.250. The molecule has 0 spiro atoms. The van der Waals surface area contributed by atoms with E-state index in [4.69, 9.17) is 22.2 Å². The third-order valence-corrected chi connectivity index (χ3v) is 2.71. The Labute approximate surface area is 109 Å². The Morgan fingerprint density at radius 3 is 2.81 bits per heavy atom. The summed E-state index contributed by atoms with van der Waals surface area (Å²) in [6.07, 6.45) is 6.62. The van der Waals surface area contributed by atoms with Crippen LogP contribution in [0.1, 0.15) is 18.4 Å². The van der Waals surface area contributed by atoms with E-state index in [2.05, 4.69) is 28.5 Å². The highest BCUT2D eigenvalue weighted by molar-refractivity contribution is 14.1. The lowest BCUT2D eigenvalue weighted by Crippen LogP contribution is -2.02. The second-order valence-electron chi connectivity index (χ2n) is 3.14. The van der Waals surface area contributed by atoms with Crippen molar-refractivity contribution in [3.05, 3.63) is 21.3 Å². The van der Waals surface area contributed by atoms with Gasteiger partial charge in [-0.3, -0.25) is 0 Å². The van der Waals surface area contributed by atoms with Gasteiger partial charge in [0.2, 0.25) is 0 Å². The second kappa shape index (κ2) is 6.24. The van der Waals surface area contributed by atoms with Gasteiger partial charge in [0, 0.05) is 6.42 Å². The average Bonchev–Trinajstić information content (AvgIpc) is 2.26. The van der Waals surface area contributed by atoms with Gasteiger partial charge in [-0.2, -0.15) is 5.26 Å². The largest absolute Gasteiger partial charge is 0.490 e. The summed E-state index contributed by atoms with van der Waals surface area (Å²) in [6.45, 7) is 0.538. The third-order valence-electron chi connectivity index (χ3n) is 1.91. The van der Waals surface area contributed by atoms with Gasteiger partial charge >= 0.3 is 0 Å². The highest BCUT2D eigenvalue weighted by Gasteiger charge is 2.07. The van der Waals surface area contributed by atoms with Crippen LogP contribution in [0.3, 0.4) is 0 Å². The van der Waals surface area contributed by atoms with E-state index in [1.165, 1.54) is 0 Å². The Hall–Kier alpha value is -1.40. The molecule has 0 radical (unpaired) electrons. The minimum atomic E-state index is 0.490. The van der Waals surface area contributed by atoms with Crippen LogP contribution < -0.4 is 10.5 Å². The summed E-state index contributed by atoms with van der Waals surface area (Å²) in [5, 5.41) is 8.75. The van der Waals surface area contributed by atoms with Crippen LogP contribution in [-0.2, 0) is 0 Å². The standard InChI is InChI=1S/C12H11IN2O/c1-2-3-4-5-16-12-10(13)6-9(8-14)7-11(12)15/h1,6-7H,3-5,15H2. The van der Waals surface area contributed by atoms with E-state index < -0.39 is 0 Å². The van der Waals surface area contributed by atoms with Crippen LogP contribution in [0.2, 0.25) is 0 Å². The van der Waals surface area contributed by atoms with E-state index in [1.54, 1.807) is 12.1 Å². The van der Waals surface area contributed by atoms with Crippen molar-refractivity contribution in [1.82, 2.24) is 0 Å². The molecule has 3 nitrogen and oxygen atoms in total. The molecule has 0 aliphatic heterocycles. The Kier molecular flexibility index (Phi) is 4.94. The number of halogens is 1. The van der Waals surface area contributed by atoms with Gasteiger partial charge in [0.15, 0.2) is 5.75 Å². The summed E-state index contributed by atoms with van der Waals surface area (Å²) >= 11 is 2.10. The molecule has 1 rings (SSSR count). The van der Waals surface area contributed by atoms with Gasteiger partial charge in [-0.1, -0.05) is 0 Å². The minimum Gasteiger partial charge on any atom is -0.490 e. The van der Waals surface area contributed by atoms with Crippen LogP contribution in [0, 0.1) is 27.2 Å². The number of nitriles is 1. The normalized spacial score (nSPS) is 9.19. The van der Waals surface area contributed by atoms with Crippen molar-refractivity contribution in [2.75, 3.05) is 12.3 Å². The molecular formula is C12H11IN2O. The quantitative estimate of drug-likeness (QED) is 0.400. The Morgan fingerprint density at radius 2 is 2.25 bits per heavy atom. The van der Waals surface area contributed by atoms with Gasteiger partial charge in [-0.25, -0.2) is 0 Å². The van der Waals surface area contributed by atoms with Crippen molar-refractivity contribution >= 4 is 28.3 Å². The van der Waals surface area contributed by atoms with E-state index in [-0.39, 0.29) is 0 Å². The molecular weight excluding hydrogens is 315 g/mol. The zero-order chi connectivity index (χ0) is 12.0. The Balaban J connectivity index is 2.74. The molecule has 0 bridgehead atoms. The predicted molar refractivity (Wildman–Crippen MR) is 71.8 cm³/mol. The van der Waals surface area contributed by atoms with Crippen molar-refractivity contribution < 1.29 is 4.74 Å². The maximum absolute atomic E-state index is 8.75. The zero-order valence-corrected chi connectivity index (χ0v) is 10.8. The van der Waals surface area contributed by atoms with Gasteiger partial charge in [0.05, 0.1) is 27.5 Å². The maximum atomic E-state index is 8.75. The molecule has 4 heteroatoms. The van der Waals surface area contributed by atoms with Crippen molar-refractivity contribution in [3.8, 4) is 24.2 Å². The van der Waals surface area contributed by atoms with Crippen LogP contribution in [0.25, 0.3) is 0 Å². The molecule has 0 amide bonds. The molecule has 0 atom stereocenters. The van der Waals surface area contributed by atoms with Crippen molar-refractivity contribution in [2.45, 2.75) is 12.8 Å². The van der Waals surface area contributed by atoms with Crippen molar-refractivity contribution in [2.24, 2.45) is 0 Å². The monoisotopic (exact) mass is 326 g/mol. The smallest absolute Gasteiger partial charge is 0.155 e. The number of anilines is 1. The molecule has 0 heterocycles. The van der Waals surface area contributed by atoms with Gasteiger partial charge in [-0.15, -0.1) is 12.3 Å². The topological polar surface area (TPSA) is 59.0 Å². The summed E-state index contributed by atoms with van der Waals surface area (Å²) < 4.78 is 6.37. The molecule has 0 unspecified atom stereocenters. The van der Waals surface area contributed by atoms with E-state index in [1.807, 2.05) is 6.07 Å². The van der Waals surface area contributed by atoms with Crippen LogP contribution in [0.15, 0.2) is 12.1 Å². The Bertz CT molecular complexity index is 434. The minimum absolute atomic E-state index is 0.490. The van der Waals surface area contributed by atoms with Crippen molar-refractivity contribution in [1.29, 1.82) is 5.26 Å². The molecule has 0 fully saturated rings. The molecule has 0 aromatic heterocycles. The third kappa shape index (κ3) is 3.32. The summed E-state index contributed by atoms with van der Waals surface area (Å²) in [5.74, 6) is 3.18. The average molecular weight is 326 g/mol. The van der Waals surface area contributed by atoms with Crippen LogP contribution in [-0.4, -0.2) is 6.61 Å². The summed E-state index contributed by atoms with van der Waals surface area (Å²) in [5.41, 5.74) is 6.82. The number of terminal acetylenes is 1. The summed E-state index contributed by atoms with van der Waals surface area (Å²) in [4.78, 5) is 0. The number of nitrogen functional groups attached to an aromatic ring is 1. The second-order valence-corrected chi connectivity index (χ2v) is 4.31. The van der Waals surface area contributed by atoms with Crippen LogP contribution >= 0.6 is 22.6 Å². The number of hydrogen-bond donors (Lipinski definition) is 1. The fourth-order valence-corrected chi connectivity index (χ4v) is 1.98. The molecule has 0 aliphatic carbocycles. The highest BCUT2D eigenvalue weighted by atomic mass is 127.